The van der Waals surface area contributed by atoms with Gasteiger partial charge in [0.2, 0.25) is 0 Å². The Bertz CT molecular complexity index is 853. The van der Waals surface area contributed by atoms with Gasteiger partial charge in [0.05, 0.1) is 26.3 Å². The minimum Gasteiger partial charge on any atom is -0.497 e. The molecule has 23 heavy (non-hydrogen) atoms. The Morgan fingerprint density at radius 2 is 1.83 bits per heavy atom. The van der Waals surface area contributed by atoms with Gasteiger partial charge in [0.15, 0.2) is 5.78 Å². The first-order valence-corrected chi connectivity index (χ1v) is 7.12. The van der Waals surface area contributed by atoms with E-state index >= 15 is 0 Å². The first-order chi connectivity index (χ1) is 11.1. The SMILES string of the molecule is COc1cc(OC)c2ccn(CC(=O)c3ccc(F)cc3)c2c1. The maximum Gasteiger partial charge on any atom is 0.182 e. The third-order valence-electron chi connectivity index (χ3n) is 3.76. The van der Waals surface area contributed by atoms with Gasteiger partial charge in [-0.25, -0.2) is 4.39 Å². The largest absolute Gasteiger partial charge is 0.497 e. The van der Waals surface area contributed by atoms with Gasteiger partial charge in [-0.2, -0.15) is 0 Å². The number of halogens is 1. The minimum absolute atomic E-state index is 0.0933. The van der Waals surface area contributed by atoms with Gasteiger partial charge < -0.3 is 14.0 Å². The van der Waals surface area contributed by atoms with E-state index < -0.39 is 0 Å². The molecule has 4 nitrogen and oxygen atoms in total. The molecule has 0 aliphatic carbocycles. The van der Waals surface area contributed by atoms with Crippen LogP contribution < -0.4 is 9.47 Å². The highest BCUT2D eigenvalue weighted by atomic mass is 19.1. The molecule has 0 N–H and O–H groups in total. The molecule has 0 atom stereocenters. The molecular formula is C18H16FNO3. The molecule has 0 fully saturated rings. The highest BCUT2D eigenvalue weighted by Crippen LogP contribution is 2.32. The highest BCUT2D eigenvalue weighted by molar-refractivity contribution is 5.97. The molecule has 0 saturated heterocycles. The molecule has 0 bridgehead atoms. The number of aromatic nitrogens is 1. The van der Waals surface area contributed by atoms with Crippen molar-refractivity contribution in [1.82, 2.24) is 4.57 Å². The number of carbonyl (C=O) groups excluding carboxylic acids is 1. The van der Waals surface area contributed by atoms with Gasteiger partial charge in [-0.1, -0.05) is 0 Å². The van der Waals surface area contributed by atoms with E-state index in [2.05, 4.69) is 0 Å². The quantitative estimate of drug-likeness (QED) is 0.675. The van der Waals surface area contributed by atoms with Gasteiger partial charge in [-0.3, -0.25) is 4.79 Å². The van der Waals surface area contributed by atoms with Crippen LogP contribution in [-0.2, 0) is 6.54 Å². The smallest absolute Gasteiger partial charge is 0.182 e. The number of benzene rings is 2. The number of hydrogen-bond donors (Lipinski definition) is 0. The Kier molecular flexibility index (Phi) is 4.02. The molecule has 0 amide bonds. The zero-order valence-corrected chi connectivity index (χ0v) is 12.9. The molecular weight excluding hydrogens is 297 g/mol. The van der Waals surface area contributed by atoms with Crippen LogP contribution in [0.2, 0.25) is 0 Å². The molecule has 0 spiro atoms. The summed E-state index contributed by atoms with van der Waals surface area (Å²) in [5.41, 5.74) is 1.32. The van der Waals surface area contributed by atoms with Crippen molar-refractivity contribution >= 4 is 16.7 Å². The second-order valence-corrected chi connectivity index (χ2v) is 5.14. The summed E-state index contributed by atoms with van der Waals surface area (Å²) in [7, 11) is 3.17. The van der Waals surface area contributed by atoms with Gasteiger partial charge in [0, 0.05) is 29.3 Å². The predicted octanol–water partition coefficient (Wildman–Crippen LogP) is 3.68. The van der Waals surface area contributed by atoms with E-state index in [1.165, 1.54) is 24.3 Å². The lowest BCUT2D eigenvalue weighted by atomic mass is 10.1. The third-order valence-corrected chi connectivity index (χ3v) is 3.76. The fourth-order valence-corrected chi connectivity index (χ4v) is 2.54. The van der Waals surface area contributed by atoms with E-state index in [0.29, 0.717) is 17.1 Å². The molecule has 0 radical (unpaired) electrons. The molecule has 3 rings (SSSR count). The van der Waals surface area contributed by atoms with Gasteiger partial charge >= 0.3 is 0 Å². The van der Waals surface area contributed by atoms with Crippen LogP contribution in [0.1, 0.15) is 10.4 Å². The number of nitrogens with zero attached hydrogens (tertiary/aromatic N) is 1. The summed E-state index contributed by atoms with van der Waals surface area (Å²) in [5, 5.41) is 0.903. The summed E-state index contributed by atoms with van der Waals surface area (Å²) in [5.74, 6) is 0.891. The van der Waals surface area contributed by atoms with Gasteiger partial charge in [-0.05, 0) is 30.3 Å². The van der Waals surface area contributed by atoms with Crippen LogP contribution in [0.15, 0.2) is 48.7 Å². The summed E-state index contributed by atoms with van der Waals surface area (Å²) >= 11 is 0. The maximum atomic E-state index is 13.0. The molecule has 3 aromatic rings. The number of ether oxygens (including phenoxy) is 2. The average Bonchev–Trinajstić information content (AvgIpc) is 2.97. The van der Waals surface area contributed by atoms with Gasteiger partial charge in [-0.15, -0.1) is 0 Å². The molecule has 1 aromatic heterocycles. The van der Waals surface area contributed by atoms with Gasteiger partial charge in [0.25, 0.3) is 0 Å². The number of ketones is 1. The zero-order chi connectivity index (χ0) is 16.4. The lowest BCUT2D eigenvalue weighted by molar-refractivity contribution is 0.0973. The molecule has 0 saturated carbocycles. The molecule has 0 aliphatic heterocycles. The first kappa shape index (κ1) is 15.1. The molecule has 0 unspecified atom stereocenters. The van der Waals surface area contributed by atoms with Gasteiger partial charge in [0.1, 0.15) is 17.3 Å². The topological polar surface area (TPSA) is 40.5 Å². The van der Waals surface area contributed by atoms with Crippen LogP contribution in [0.4, 0.5) is 4.39 Å². The number of rotatable bonds is 5. The fraction of sp³-hybridized carbons (Fsp3) is 0.167. The van der Waals surface area contributed by atoms with Crippen molar-refractivity contribution in [3.63, 3.8) is 0 Å². The van der Waals surface area contributed by atoms with E-state index in [-0.39, 0.29) is 18.1 Å². The third kappa shape index (κ3) is 2.90. The summed E-state index contributed by atoms with van der Waals surface area (Å²) < 4.78 is 25.4. The van der Waals surface area contributed by atoms with Crippen molar-refractivity contribution in [1.29, 1.82) is 0 Å². The second-order valence-electron chi connectivity index (χ2n) is 5.14. The van der Waals surface area contributed by atoms with Crippen LogP contribution in [0.3, 0.4) is 0 Å². The normalized spacial score (nSPS) is 10.7. The number of carbonyl (C=O) groups is 1. The van der Waals surface area contributed by atoms with Crippen LogP contribution in [0.25, 0.3) is 10.9 Å². The van der Waals surface area contributed by atoms with Crippen LogP contribution in [0, 0.1) is 5.82 Å². The Labute approximate surface area is 133 Å². The second kappa shape index (κ2) is 6.12. The monoisotopic (exact) mass is 313 g/mol. The number of methoxy groups -OCH3 is 2. The first-order valence-electron chi connectivity index (χ1n) is 7.12. The van der Waals surface area contributed by atoms with Crippen LogP contribution in [0.5, 0.6) is 11.5 Å². The Morgan fingerprint density at radius 1 is 1.09 bits per heavy atom. The fourth-order valence-electron chi connectivity index (χ4n) is 2.54. The maximum absolute atomic E-state index is 13.0. The molecule has 0 aliphatic rings. The molecule has 1 heterocycles. The van der Waals surface area contributed by atoms with E-state index in [1.54, 1.807) is 20.3 Å². The molecule has 118 valence electrons. The summed E-state index contributed by atoms with van der Waals surface area (Å²) in [6, 6.07) is 11.1. The van der Waals surface area contributed by atoms with Crippen molar-refractivity contribution in [2.45, 2.75) is 6.54 Å². The van der Waals surface area contributed by atoms with E-state index in [1.807, 2.05) is 22.9 Å². The lowest BCUT2D eigenvalue weighted by Crippen LogP contribution is -2.09. The number of fused-ring (bicyclic) bond motifs is 1. The number of Topliss-reactive ketones (excluding diaryl/α,β-unsaturated/α-hetero) is 1. The van der Waals surface area contributed by atoms with E-state index in [9.17, 15) is 9.18 Å². The summed E-state index contributed by atoms with van der Waals surface area (Å²) in [6.07, 6.45) is 1.83. The van der Waals surface area contributed by atoms with Crippen molar-refractivity contribution < 1.29 is 18.7 Å². The van der Waals surface area contributed by atoms with E-state index in [0.717, 1.165) is 10.9 Å². The molecule has 2 aromatic carbocycles. The minimum atomic E-state index is -0.359. The van der Waals surface area contributed by atoms with Crippen molar-refractivity contribution in [2.24, 2.45) is 0 Å². The predicted molar refractivity (Wildman–Crippen MR) is 85.8 cm³/mol. The van der Waals surface area contributed by atoms with Crippen molar-refractivity contribution in [3.05, 3.63) is 60.0 Å². The zero-order valence-electron chi connectivity index (χ0n) is 12.9. The van der Waals surface area contributed by atoms with Crippen LogP contribution in [-0.4, -0.2) is 24.6 Å². The van der Waals surface area contributed by atoms with Crippen molar-refractivity contribution in [2.75, 3.05) is 14.2 Å². The Morgan fingerprint density at radius 3 is 2.48 bits per heavy atom. The Hall–Kier alpha value is -2.82. The highest BCUT2D eigenvalue weighted by Gasteiger charge is 2.13. The average molecular weight is 313 g/mol. The summed E-state index contributed by atoms with van der Waals surface area (Å²) in [4.78, 5) is 12.4. The van der Waals surface area contributed by atoms with E-state index in [4.69, 9.17) is 9.47 Å². The molecule has 5 heteroatoms. The lowest BCUT2D eigenvalue weighted by Gasteiger charge is -2.09. The van der Waals surface area contributed by atoms with Crippen LogP contribution >= 0.6 is 0 Å². The standard InChI is InChI=1S/C18H16FNO3/c1-22-14-9-16-15(18(10-14)23-2)7-8-20(16)11-17(21)12-3-5-13(19)6-4-12/h3-10H,11H2,1-2H3. The van der Waals surface area contributed by atoms with Crippen molar-refractivity contribution in [3.8, 4) is 11.5 Å². The summed E-state index contributed by atoms with van der Waals surface area (Å²) in [6.45, 7) is 0.158. The Balaban J connectivity index is 1.96. The number of hydrogen-bond acceptors (Lipinski definition) is 3.